The number of carbonyl (C=O) groups excluding carboxylic acids is 3. The fourth-order valence-electron chi connectivity index (χ4n) is 4.56. The summed E-state index contributed by atoms with van der Waals surface area (Å²) < 4.78 is 0. The summed E-state index contributed by atoms with van der Waals surface area (Å²) >= 11 is 0. The van der Waals surface area contributed by atoms with Crippen LogP contribution in [0.5, 0.6) is 5.75 Å². The van der Waals surface area contributed by atoms with Gasteiger partial charge >= 0.3 is 11.9 Å². The van der Waals surface area contributed by atoms with E-state index in [1.54, 1.807) is 32.2 Å². The van der Waals surface area contributed by atoms with Crippen LogP contribution in [0.1, 0.15) is 37.8 Å². The van der Waals surface area contributed by atoms with E-state index in [9.17, 15) is 34.2 Å². The summed E-state index contributed by atoms with van der Waals surface area (Å²) in [5.41, 5.74) is 8.41. The highest BCUT2D eigenvalue weighted by Gasteiger charge is 2.32. The van der Waals surface area contributed by atoms with Crippen molar-refractivity contribution in [2.24, 2.45) is 11.7 Å². The monoisotopic (exact) mass is 595 g/mol. The van der Waals surface area contributed by atoms with Gasteiger partial charge in [-0.1, -0.05) is 44.2 Å². The van der Waals surface area contributed by atoms with E-state index in [0.29, 0.717) is 5.56 Å². The minimum absolute atomic E-state index is 0.0519. The summed E-state index contributed by atoms with van der Waals surface area (Å²) in [5, 5.41) is 36.4. The number of carboxylic acids is 2. The molecular formula is C30H37N5O8. The first-order valence-corrected chi connectivity index (χ1v) is 13.8. The third-order valence-electron chi connectivity index (χ3n) is 6.97. The van der Waals surface area contributed by atoms with Crippen molar-refractivity contribution in [3.63, 3.8) is 0 Å². The molecule has 3 aromatic rings. The van der Waals surface area contributed by atoms with Crippen LogP contribution < -0.4 is 21.7 Å². The number of aliphatic carboxylic acids is 2. The maximum Gasteiger partial charge on any atom is 0.326 e. The third-order valence-corrected chi connectivity index (χ3v) is 6.97. The largest absolute Gasteiger partial charge is 0.508 e. The number of hydrogen-bond donors (Lipinski definition) is 8. The second kappa shape index (κ2) is 14.8. The van der Waals surface area contributed by atoms with Crippen LogP contribution in [0.2, 0.25) is 0 Å². The molecule has 0 aliphatic rings. The molecule has 0 saturated heterocycles. The van der Waals surface area contributed by atoms with E-state index >= 15 is 0 Å². The second-order valence-electron chi connectivity index (χ2n) is 10.7. The topological polar surface area (TPSA) is 224 Å². The molecule has 1 heterocycles. The molecule has 230 valence electrons. The minimum atomic E-state index is -1.47. The maximum absolute atomic E-state index is 13.6. The molecule has 9 N–H and O–H groups in total. The number of carboxylic acid groups (broad SMARTS) is 2. The molecule has 2 aromatic carbocycles. The van der Waals surface area contributed by atoms with E-state index in [-0.39, 0.29) is 25.0 Å². The van der Waals surface area contributed by atoms with Crippen LogP contribution in [0.3, 0.4) is 0 Å². The predicted molar refractivity (Wildman–Crippen MR) is 157 cm³/mol. The van der Waals surface area contributed by atoms with Crippen molar-refractivity contribution in [2.45, 2.75) is 63.7 Å². The molecule has 13 heteroatoms. The van der Waals surface area contributed by atoms with Gasteiger partial charge in [-0.3, -0.25) is 19.2 Å². The molecular weight excluding hydrogens is 558 g/mol. The van der Waals surface area contributed by atoms with E-state index in [2.05, 4.69) is 20.9 Å². The van der Waals surface area contributed by atoms with Gasteiger partial charge in [0.05, 0.1) is 6.04 Å². The Labute approximate surface area is 247 Å². The number of fused-ring (bicyclic) bond motifs is 1. The highest BCUT2D eigenvalue weighted by molar-refractivity contribution is 5.95. The number of aromatic amines is 1. The normalized spacial score (nSPS) is 14.0. The van der Waals surface area contributed by atoms with Crippen LogP contribution in [-0.4, -0.2) is 74.1 Å². The minimum Gasteiger partial charge on any atom is -0.508 e. The summed E-state index contributed by atoms with van der Waals surface area (Å²) in [4.78, 5) is 65.5. The first kappa shape index (κ1) is 32.6. The van der Waals surface area contributed by atoms with Gasteiger partial charge in [-0.2, -0.15) is 0 Å². The molecule has 0 spiro atoms. The van der Waals surface area contributed by atoms with Gasteiger partial charge in [0.2, 0.25) is 17.7 Å². The number of hydrogen-bond acceptors (Lipinski definition) is 7. The number of aromatic hydroxyl groups is 1. The average molecular weight is 596 g/mol. The summed E-state index contributed by atoms with van der Waals surface area (Å²) in [7, 11) is 0. The smallest absolute Gasteiger partial charge is 0.326 e. The zero-order chi connectivity index (χ0) is 31.7. The molecule has 13 nitrogen and oxygen atoms in total. The lowest BCUT2D eigenvalue weighted by molar-refractivity contribution is -0.143. The Kier molecular flexibility index (Phi) is 11.2. The summed E-state index contributed by atoms with van der Waals surface area (Å²) in [5.74, 6) is -5.15. The molecule has 0 aliphatic carbocycles. The highest BCUT2D eigenvalue weighted by Crippen LogP contribution is 2.20. The van der Waals surface area contributed by atoms with Gasteiger partial charge < -0.3 is 42.0 Å². The number of H-pyrrole nitrogens is 1. The number of amides is 3. The van der Waals surface area contributed by atoms with Crippen LogP contribution in [0, 0.1) is 5.92 Å². The number of phenols is 1. The molecule has 0 saturated carbocycles. The lowest BCUT2D eigenvalue weighted by Gasteiger charge is -2.27. The molecule has 1 aromatic heterocycles. The van der Waals surface area contributed by atoms with Crippen molar-refractivity contribution < 1.29 is 39.3 Å². The van der Waals surface area contributed by atoms with Crippen molar-refractivity contribution in [3.8, 4) is 5.75 Å². The quantitative estimate of drug-likeness (QED) is 0.125. The van der Waals surface area contributed by atoms with E-state index in [1.807, 2.05) is 24.3 Å². The van der Waals surface area contributed by atoms with Crippen molar-refractivity contribution in [2.75, 3.05) is 0 Å². The van der Waals surface area contributed by atoms with E-state index < -0.39 is 66.2 Å². The van der Waals surface area contributed by atoms with Gasteiger partial charge in [0.25, 0.3) is 0 Å². The number of benzene rings is 2. The molecule has 3 rings (SSSR count). The van der Waals surface area contributed by atoms with Crippen LogP contribution in [-0.2, 0) is 36.8 Å². The summed E-state index contributed by atoms with van der Waals surface area (Å²) in [6.45, 7) is 3.30. The molecule has 0 bridgehead atoms. The van der Waals surface area contributed by atoms with Crippen LogP contribution >= 0.6 is 0 Å². The van der Waals surface area contributed by atoms with Crippen LogP contribution in [0.25, 0.3) is 10.9 Å². The maximum atomic E-state index is 13.6. The zero-order valence-electron chi connectivity index (χ0n) is 23.9. The Morgan fingerprint density at radius 2 is 1.49 bits per heavy atom. The Balaban J connectivity index is 1.81. The predicted octanol–water partition coefficient (Wildman–Crippen LogP) is 1.05. The van der Waals surface area contributed by atoms with Crippen molar-refractivity contribution in [1.82, 2.24) is 20.9 Å². The molecule has 0 aliphatic heterocycles. The number of phenolic OH excluding ortho intramolecular Hbond substituents is 1. The zero-order valence-corrected chi connectivity index (χ0v) is 23.9. The summed E-state index contributed by atoms with van der Waals surface area (Å²) in [6, 6.07) is 8.77. The standard InChI is InChI=1S/C30H37N5O8/c1-16(2)26(29(41)33-23(30(42)43)11-12-25(37)38)35-28(40)24(14-18-15-32-22-6-4-3-5-20(18)22)34-27(39)21(31)13-17-7-9-19(36)10-8-17/h3-10,15-16,21,23-24,26,32,36H,11-14,31H2,1-2H3,(H,33,41)(H,34,39)(H,35,40)(H,37,38)(H,42,43). The molecule has 4 atom stereocenters. The first-order chi connectivity index (χ1) is 20.3. The highest BCUT2D eigenvalue weighted by atomic mass is 16.4. The van der Waals surface area contributed by atoms with Gasteiger partial charge in [-0.05, 0) is 48.1 Å². The Hall–Kier alpha value is -4.91. The summed E-state index contributed by atoms with van der Waals surface area (Å²) in [6.07, 6.45) is 1.10. The van der Waals surface area contributed by atoms with Crippen LogP contribution in [0.15, 0.2) is 54.7 Å². The van der Waals surface area contributed by atoms with Crippen molar-refractivity contribution >= 4 is 40.6 Å². The number of rotatable bonds is 15. The Morgan fingerprint density at radius 3 is 2.12 bits per heavy atom. The molecule has 0 radical (unpaired) electrons. The second-order valence-corrected chi connectivity index (χ2v) is 10.7. The molecule has 43 heavy (non-hydrogen) atoms. The lowest BCUT2D eigenvalue weighted by atomic mass is 9.99. The third kappa shape index (κ3) is 9.30. The average Bonchev–Trinajstić information content (AvgIpc) is 3.36. The number of para-hydroxylation sites is 1. The van der Waals surface area contributed by atoms with Crippen molar-refractivity contribution in [3.05, 3.63) is 65.9 Å². The Bertz CT molecular complexity index is 1450. The van der Waals surface area contributed by atoms with Crippen molar-refractivity contribution in [1.29, 1.82) is 0 Å². The van der Waals surface area contributed by atoms with Gasteiger partial charge in [0.1, 0.15) is 23.9 Å². The van der Waals surface area contributed by atoms with Gasteiger partial charge in [0, 0.05) is 29.9 Å². The number of nitrogens with two attached hydrogens (primary N) is 1. The number of nitrogens with one attached hydrogen (secondary N) is 4. The molecule has 4 unspecified atom stereocenters. The lowest BCUT2D eigenvalue weighted by Crippen LogP contribution is -2.59. The van der Waals surface area contributed by atoms with Gasteiger partial charge in [0.15, 0.2) is 0 Å². The van der Waals surface area contributed by atoms with Gasteiger partial charge in [-0.15, -0.1) is 0 Å². The van der Waals surface area contributed by atoms with Gasteiger partial charge in [-0.25, -0.2) is 4.79 Å². The van der Waals surface area contributed by atoms with E-state index in [1.165, 1.54) is 12.1 Å². The fraction of sp³-hybridized carbons (Fsp3) is 0.367. The number of aromatic nitrogens is 1. The SMILES string of the molecule is CC(C)C(NC(=O)C(Cc1c[nH]c2ccccc12)NC(=O)C(N)Cc1ccc(O)cc1)C(=O)NC(CCC(=O)O)C(=O)O. The van der Waals surface area contributed by atoms with Crippen LogP contribution in [0.4, 0.5) is 0 Å². The molecule has 3 amide bonds. The van der Waals surface area contributed by atoms with E-state index in [0.717, 1.165) is 16.5 Å². The number of carbonyl (C=O) groups is 5. The van der Waals surface area contributed by atoms with E-state index in [4.69, 9.17) is 10.8 Å². The Morgan fingerprint density at radius 1 is 0.837 bits per heavy atom. The molecule has 0 fully saturated rings. The first-order valence-electron chi connectivity index (χ1n) is 13.8. The fourth-order valence-corrected chi connectivity index (χ4v) is 4.56.